The zero-order valence-corrected chi connectivity index (χ0v) is 6.42. The van der Waals surface area contributed by atoms with Crippen LogP contribution in [0.25, 0.3) is 0 Å². The summed E-state index contributed by atoms with van der Waals surface area (Å²) in [6, 6.07) is -0.709. The van der Waals surface area contributed by atoms with E-state index in [2.05, 4.69) is 6.08 Å². The van der Waals surface area contributed by atoms with Crippen LogP contribution in [0.1, 0.15) is 25.7 Å². The molecule has 0 fully saturated rings. The van der Waals surface area contributed by atoms with Gasteiger partial charge in [0.2, 0.25) is 0 Å². The minimum absolute atomic E-state index is 0.523. The summed E-state index contributed by atoms with van der Waals surface area (Å²) in [6.45, 7) is 0. The smallest absolute Gasteiger partial charge is 0.320 e. The Balaban J connectivity index is 2.35. The van der Waals surface area contributed by atoms with E-state index in [1.165, 1.54) is 5.57 Å². The van der Waals surface area contributed by atoms with Crippen molar-refractivity contribution >= 4 is 5.97 Å². The Morgan fingerprint density at radius 2 is 2.55 bits per heavy atom. The SMILES string of the molecule is NC(CC1=CCCC1)C(=O)O. The second-order valence-electron chi connectivity index (χ2n) is 2.90. The Kier molecular flexibility index (Phi) is 2.65. The van der Waals surface area contributed by atoms with Gasteiger partial charge in [0.1, 0.15) is 6.04 Å². The summed E-state index contributed by atoms with van der Waals surface area (Å²) in [7, 11) is 0. The lowest BCUT2D eigenvalue weighted by atomic mass is 10.1. The molecule has 0 aromatic heterocycles. The first kappa shape index (κ1) is 8.27. The van der Waals surface area contributed by atoms with Gasteiger partial charge in [0.25, 0.3) is 0 Å². The van der Waals surface area contributed by atoms with Crippen molar-refractivity contribution in [3.05, 3.63) is 11.6 Å². The molecule has 1 atom stereocenters. The van der Waals surface area contributed by atoms with E-state index in [9.17, 15) is 4.79 Å². The van der Waals surface area contributed by atoms with Gasteiger partial charge in [-0.3, -0.25) is 4.79 Å². The van der Waals surface area contributed by atoms with Crippen LogP contribution in [-0.4, -0.2) is 17.1 Å². The molecule has 1 aliphatic carbocycles. The lowest BCUT2D eigenvalue weighted by Crippen LogP contribution is -2.30. The highest BCUT2D eigenvalue weighted by Gasteiger charge is 2.14. The third-order valence-corrected chi connectivity index (χ3v) is 1.93. The monoisotopic (exact) mass is 155 g/mol. The van der Waals surface area contributed by atoms with E-state index in [1.807, 2.05) is 0 Å². The van der Waals surface area contributed by atoms with Crippen molar-refractivity contribution in [1.82, 2.24) is 0 Å². The molecule has 3 N–H and O–H groups in total. The minimum Gasteiger partial charge on any atom is -0.480 e. The summed E-state index contributed by atoms with van der Waals surface area (Å²) < 4.78 is 0. The van der Waals surface area contributed by atoms with E-state index in [-0.39, 0.29) is 0 Å². The van der Waals surface area contributed by atoms with Gasteiger partial charge in [0.05, 0.1) is 0 Å². The molecule has 0 amide bonds. The molecule has 62 valence electrons. The average molecular weight is 155 g/mol. The molecule has 1 rings (SSSR count). The largest absolute Gasteiger partial charge is 0.480 e. The fourth-order valence-electron chi connectivity index (χ4n) is 1.29. The van der Waals surface area contributed by atoms with Crippen LogP contribution in [-0.2, 0) is 4.79 Å². The second kappa shape index (κ2) is 3.53. The van der Waals surface area contributed by atoms with Gasteiger partial charge in [-0.15, -0.1) is 0 Å². The molecule has 0 aromatic carbocycles. The van der Waals surface area contributed by atoms with E-state index in [0.29, 0.717) is 6.42 Å². The Morgan fingerprint density at radius 1 is 1.82 bits per heavy atom. The molecule has 11 heavy (non-hydrogen) atoms. The van der Waals surface area contributed by atoms with Gasteiger partial charge >= 0.3 is 5.97 Å². The van der Waals surface area contributed by atoms with Crippen molar-refractivity contribution in [2.75, 3.05) is 0 Å². The Morgan fingerprint density at radius 3 is 3.00 bits per heavy atom. The maximum Gasteiger partial charge on any atom is 0.320 e. The van der Waals surface area contributed by atoms with Crippen LogP contribution in [0.5, 0.6) is 0 Å². The van der Waals surface area contributed by atoms with Gasteiger partial charge in [-0.1, -0.05) is 11.6 Å². The predicted molar refractivity (Wildman–Crippen MR) is 42.2 cm³/mol. The van der Waals surface area contributed by atoms with Crippen LogP contribution in [0.4, 0.5) is 0 Å². The Bertz CT molecular complexity index is 187. The molecule has 0 bridgehead atoms. The molecule has 0 radical (unpaired) electrons. The molecule has 0 aliphatic heterocycles. The van der Waals surface area contributed by atoms with Crippen molar-refractivity contribution in [3.8, 4) is 0 Å². The summed E-state index contributed by atoms with van der Waals surface area (Å²) in [5, 5.41) is 8.49. The van der Waals surface area contributed by atoms with Crippen LogP contribution >= 0.6 is 0 Å². The van der Waals surface area contributed by atoms with E-state index in [1.54, 1.807) is 0 Å². The third kappa shape index (κ3) is 2.35. The highest BCUT2D eigenvalue weighted by molar-refractivity contribution is 5.73. The van der Waals surface area contributed by atoms with Crippen LogP contribution in [0.15, 0.2) is 11.6 Å². The molecule has 0 spiro atoms. The molecule has 1 aliphatic rings. The molecular weight excluding hydrogens is 142 g/mol. The summed E-state index contributed by atoms with van der Waals surface area (Å²) in [5.74, 6) is -0.905. The van der Waals surface area contributed by atoms with Crippen LogP contribution < -0.4 is 5.73 Å². The first-order valence-corrected chi connectivity index (χ1v) is 3.86. The number of rotatable bonds is 3. The van der Waals surface area contributed by atoms with E-state index < -0.39 is 12.0 Å². The van der Waals surface area contributed by atoms with Gasteiger partial charge in [-0.2, -0.15) is 0 Å². The van der Waals surface area contributed by atoms with Crippen LogP contribution in [0, 0.1) is 0 Å². The first-order valence-electron chi connectivity index (χ1n) is 3.86. The number of carbonyl (C=O) groups is 1. The lowest BCUT2D eigenvalue weighted by Gasteiger charge is -2.05. The number of hydrogen-bond donors (Lipinski definition) is 2. The number of nitrogens with two attached hydrogens (primary N) is 1. The van der Waals surface area contributed by atoms with Crippen molar-refractivity contribution in [2.45, 2.75) is 31.7 Å². The summed E-state index contributed by atoms with van der Waals surface area (Å²) in [4.78, 5) is 10.3. The minimum atomic E-state index is -0.905. The molecule has 0 heterocycles. The van der Waals surface area contributed by atoms with Crippen LogP contribution in [0.3, 0.4) is 0 Å². The fourth-order valence-corrected chi connectivity index (χ4v) is 1.29. The molecule has 0 saturated carbocycles. The standard InChI is InChI=1S/C8H13NO2/c9-7(8(10)11)5-6-3-1-2-4-6/h3,7H,1-2,4-5,9H2,(H,10,11). The summed E-state index contributed by atoms with van der Waals surface area (Å²) in [6.07, 6.45) is 5.89. The highest BCUT2D eigenvalue weighted by Crippen LogP contribution is 2.21. The third-order valence-electron chi connectivity index (χ3n) is 1.93. The van der Waals surface area contributed by atoms with Crippen molar-refractivity contribution < 1.29 is 9.90 Å². The van der Waals surface area contributed by atoms with E-state index in [0.717, 1.165) is 19.3 Å². The quantitative estimate of drug-likeness (QED) is 0.595. The highest BCUT2D eigenvalue weighted by atomic mass is 16.4. The van der Waals surface area contributed by atoms with Gasteiger partial charge < -0.3 is 10.8 Å². The van der Waals surface area contributed by atoms with Crippen molar-refractivity contribution in [3.63, 3.8) is 0 Å². The number of aliphatic carboxylic acids is 1. The lowest BCUT2D eigenvalue weighted by molar-refractivity contribution is -0.138. The normalized spacial score (nSPS) is 19.5. The molecule has 3 nitrogen and oxygen atoms in total. The average Bonchev–Trinajstić information content (AvgIpc) is 2.39. The predicted octanol–water partition coefficient (Wildman–Crippen LogP) is 0.899. The zero-order valence-electron chi connectivity index (χ0n) is 6.42. The topological polar surface area (TPSA) is 63.3 Å². The maximum absolute atomic E-state index is 10.3. The Labute approximate surface area is 65.9 Å². The van der Waals surface area contributed by atoms with Gasteiger partial charge in [0.15, 0.2) is 0 Å². The summed E-state index contributed by atoms with van der Waals surface area (Å²) in [5.41, 5.74) is 6.56. The number of carboxylic acids is 1. The molecule has 0 saturated heterocycles. The molecule has 0 aromatic rings. The van der Waals surface area contributed by atoms with Gasteiger partial charge in [0, 0.05) is 0 Å². The maximum atomic E-state index is 10.3. The van der Waals surface area contributed by atoms with Gasteiger partial charge in [-0.05, 0) is 25.7 Å². The van der Waals surface area contributed by atoms with Crippen molar-refractivity contribution in [2.24, 2.45) is 5.73 Å². The van der Waals surface area contributed by atoms with E-state index in [4.69, 9.17) is 10.8 Å². The zero-order chi connectivity index (χ0) is 8.27. The fraction of sp³-hybridized carbons (Fsp3) is 0.625. The summed E-state index contributed by atoms with van der Waals surface area (Å²) >= 11 is 0. The van der Waals surface area contributed by atoms with Gasteiger partial charge in [-0.25, -0.2) is 0 Å². The van der Waals surface area contributed by atoms with Crippen LogP contribution in [0.2, 0.25) is 0 Å². The number of carboxylic acid groups (broad SMARTS) is 1. The van der Waals surface area contributed by atoms with E-state index >= 15 is 0 Å². The molecular formula is C8H13NO2. The van der Waals surface area contributed by atoms with Crippen molar-refractivity contribution in [1.29, 1.82) is 0 Å². The Hall–Kier alpha value is -0.830. The number of allylic oxidation sites excluding steroid dienone is 1. The molecule has 3 heteroatoms. The second-order valence-corrected chi connectivity index (χ2v) is 2.90. The first-order chi connectivity index (χ1) is 5.20. The number of hydrogen-bond acceptors (Lipinski definition) is 2. The molecule has 1 unspecified atom stereocenters.